The maximum absolute atomic E-state index is 0. The molecule has 0 amide bonds. The van der Waals surface area contributed by atoms with Crippen LogP contribution in [0.1, 0.15) is 4.28 Å². The van der Waals surface area contributed by atoms with Gasteiger partial charge >= 0.3 is 41.9 Å². The van der Waals surface area contributed by atoms with Gasteiger partial charge in [0.15, 0.2) is 17.4 Å². The molecule has 0 heterocycles. The molecule has 0 aromatic heterocycles. The van der Waals surface area contributed by atoms with Crippen LogP contribution in [0.15, 0.2) is 0 Å². The zero-order chi connectivity index (χ0) is 0. The number of hydrogen-bond acceptors (Lipinski definition) is 0. The molecule has 0 aliphatic rings. The molecule has 1 radical (unpaired) electrons. The predicted molar refractivity (Wildman–Crippen MR) is 19.0 cm³/mol. The van der Waals surface area contributed by atoms with Gasteiger partial charge in [0, 0.05) is 36.5 Å². The molecule has 0 rings (SSSR count). The van der Waals surface area contributed by atoms with Crippen molar-refractivity contribution in [1.82, 2.24) is 0 Å². The van der Waals surface area contributed by atoms with Crippen molar-refractivity contribution in [3.8, 4) is 0 Å². The molecule has 0 nitrogen and oxygen atoms in total. The van der Waals surface area contributed by atoms with Gasteiger partial charge in [-0.25, -0.2) is 0 Å². The van der Waals surface area contributed by atoms with E-state index in [9.17, 15) is 0 Å². The van der Waals surface area contributed by atoms with E-state index in [0.29, 0.717) is 0 Å². The summed E-state index contributed by atoms with van der Waals surface area (Å²) in [5.41, 5.74) is 0. The Balaban J connectivity index is 0. The fraction of sp³-hybridized carbons (Fsp3) is 0. The van der Waals surface area contributed by atoms with Gasteiger partial charge in [-0.05, 0) is 0 Å². The summed E-state index contributed by atoms with van der Waals surface area (Å²) in [5.74, 6) is 0. The molecule has 0 aliphatic heterocycles. The second kappa shape index (κ2) is 27.8. The first-order valence-corrected chi connectivity index (χ1v) is 0. The Morgan fingerprint density at radius 3 is 1.20 bits per heavy atom. The summed E-state index contributed by atoms with van der Waals surface area (Å²) in [5, 5.41) is 0. The number of rotatable bonds is 0. The second-order valence-corrected chi connectivity index (χ2v) is 0. The predicted octanol–water partition coefficient (Wildman–Crippen LogP) is -4.23. The van der Waals surface area contributed by atoms with Crippen LogP contribution in [0, 0.1) is 0 Å². The molecular formula is H6AlCuLiMgZn. The van der Waals surface area contributed by atoms with Crippen LogP contribution in [0.2, 0.25) is 0 Å². The minimum atomic E-state index is 0. The summed E-state index contributed by atoms with van der Waals surface area (Å²) < 4.78 is 0. The molecule has 0 aromatic rings. The first-order valence-electron chi connectivity index (χ1n) is 0. The van der Waals surface area contributed by atoms with Gasteiger partial charge in [-0.2, -0.15) is 0 Å². The molecule has 0 unspecified atom stereocenters. The van der Waals surface area contributed by atoms with Crippen molar-refractivity contribution in [2.24, 2.45) is 0 Å². The average molecular weight is 193 g/mol. The van der Waals surface area contributed by atoms with E-state index in [1.54, 1.807) is 0 Å². The van der Waals surface area contributed by atoms with Crippen molar-refractivity contribution in [2.45, 2.75) is 0 Å². The third kappa shape index (κ3) is 19.4. The Morgan fingerprint density at radius 2 is 1.20 bits per heavy atom. The molecule has 0 spiro atoms. The smallest absolute Gasteiger partial charge is 1.00 e. The van der Waals surface area contributed by atoms with Crippen LogP contribution in [-0.2, 0) is 36.5 Å². The van der Waals surface area contributed by atoms with E-state index in [4.69, 9.17) is 0 Å². The molecule has 25 valence electrons. The van der Waals surface area contributed by atoms with E-state index in [1.807, 2.05) is 0 Å². The van der Waals surface area contributed by atoms with E-state index >= 15 is 0 Å². The molecular weight excluding hydrogens is 187 g/mol. The van der Waals surface area contributed by atoms with Crippen molar-refractivity contribution in [3.05, 3.63) is 0 Å². The zero-order valence-electron chi connectivity index (χ0n) is 5.72. The van der Waals surface area contributed by atoms with Gasteiger partial charge in [0.2, 0.25) is 0 Å². The molecule has 0 aromatic carbocycles. The van der Waals surface area contributed by atoms with Gasteiger partial charge in [0.1, 0.15) is 0 Å². The first-order chi connectivity index (χ1) is 0. The van der Waals surface area contributed by atoms with Crippen LogP contribution in [0.5, 0.6) is 0 Å². The van der Waals surface area contributed by atoms with Crippen LogP contribution >= 0.6 is 0 Å². The van der Waals surface area contributed by atoms with Crippen molar-refractivity contribution in [1.29, 1.82) is 0 Å². The summed E-state index contributed by atoms with van der Waals surface area (Å²) in [6, 6.07) is 0. The van der Waals surface area contributed by atoms with Gasteiger partial charge < -0.3 is 4.28 Å². The fourth-order valence-electron chi connectivity index (χ4n) is 0. The Kier molecular flexibility index (Phi) is 240. The van der Waals surface area contributed by atoms with Crippen LogP contribution < -0.4 is 18.9 Å². The van der Waals surface area contributed by atoms with Crippen molar-refractivity contribution in [2.75, 3.05) is 0 Å². The Morgan fingerprint density at radius 1 is 1.20 bits per heavy atom. The van der Waals surface area contributed by atoms with E-state index in [2.05, 4.69) is 0 Å². The minimum Gasteiger partial charge on any atom is -1.00 e. The van der Waals surface area contributed by atoms with Crippen molar-refractivity contribution >= 4 is 40.4 Å². The Labute approximate surface area is 98.7 Å². The molecule has 0 saturated carbocycles. The van der Waals surface area contributed by atoms with Crippen LogP contribution in [-0.4, -0.2) is 40.4 Å². The van der Waals surface area contributed by atoms with Gasteiger partial charge in [0.25, 0.3) is 0 Å². The van der Waals surface area contributed by atoms with E-state index in [0.717, 1.165) is 0 Å². The molecule has 0 saturated heterocycles. The monoisotopic (exact) mass is 191 g/mol. The molecule has 0 atom stereocenters. The van der Waals surface area contributed by atoms with E-state index in [-0.39, 0.29) is 100 Å². The summed E-state index contributed by atoms with van der Waals surface area (Å²) in [7, 11) is 0. The molecule has 0 fully saturated rings. The average Bonchev–Trinajstić information content (AvgIpc) is 0. The third-order valence-corrected chi connectivity index (χ3v) is 0. The van der Waals surface area contributed by atoms with Crippen LogP contribution in [0.4, 0.5) is 0 Å². The van der Waals surface area contributed by atoms with Gasteiger partial charge in [0.05, 0.1) is 0 Å². The quantitative estimate of drug-likeness (QED) is 0.342. The van der Waals surface area contributed by atoms with E-state index in [1.165, 1.54) is 0 Å². The maximum atomic E-state index is 0. The summed E-state index contributed by atoms with van der Waals surface area (Å²) in [6.07, 6.45) is 0. The molecule has 0 bridgehead atoms. The van der Waals surface area contributed by atoms with Crippen LogP contribution in [0.25, 0.3) is 0 Å². The SMILES string of the molecule is [AlH3].[Cu].[H-].[H-].[H-].[Li+].[Mg+2].[Zn]. The van der Waals surface area contributed by atoms with Gasteiger partial charge in [-0.3, -0.25) is 0 Å². The second-order valence-electron chi connectivity index (χ2n) is 0. The first kappa shape index (κ1) is 43.1. The Hall–Kier alpha value is 3.04. The fourth-order valence-corrected chi connectivity index (χ4v) is 0. The Bertz CT molecular complexity index is 19.2. The largest absolute Gasteiger partial charge is 2.00 e. The third-order valence-electron chi connectivity index (χ3n) is 0. The van der Waals surface area contributed by atoms with Gasteiger partial charge in [-0.15, -0.1) is 0 Å². The van der Waals surface area contributed by atoms with Gasteiger partial charge in [-0.1, -0.05) is 0 Å². The van der Waals surface area contributed by atoms with Crippen molar-refractivity contribution < 1.29 is 59.7 Å². The maximum Gasteiger partial charge on any atom is 2.00 e. The normalized spacial score (nSPS) is 0. The summed E-state index contributed by atoms with van der Waals surface area (Å²) in [4.78, 5) is 0. The number of hydrogen-bond donors (Lipinski definition) is 0. The summed E-state index contributed by atoms with van der Waals surface area (Å²) >= 11 is 0. The molecule has 5 heteroatoms. The molecule has 0 N–H and O–H groups in total. The van der Waals surface area contributed by atoms with Crippen molar-refractivity contribution in [3.63, 3.8) is 0 Å². The molecule has 0 aliphatic carbocycles. The summed E-state index contributed by atoms with van der Waals surface area (Å²) in [6.45, 7) is 0. The topological polar surface area (TPSA) is 0 Å². The zero-order valence-corrected chi connectivity index (χ0v) is 8.04. The molecule has 5 heavy (non-hydrogen) atoms. The standard InChI is InChI=1S/Al.Cu.Li.Mg.Zn.6H/q;;+1;+2;;;;;3*-1. The van der Waals surface area contributed by atoms with Crippen LogP contribution in [0.3, 0.4) is 0 Å². The minimum absolute atomic E-state index is 0. The van der Waals surface area contributed by atoms with E-state index < -0.39 is 0 Å².